The molecule has 0 heterocycles. The molecule has 0 fully saturated rings. The molecule has 0 aliphatic carbocycles. The van der Waals surface area contributed by atoms with Crippen molar-refractivity contribution in [1.29, 1.82) is 0 Å². The Labute approximate surface area is 248 Å². The van der Waals surface area contributed by atoms with E-state index in [1.165, 1.54) is 0 Å². The largest absolute Gasteiger partial charge is 0.460 e. The molecule has 42 heavy (non-hydrogen) atoms. The van der Waals surface area contributed by atoms with E-state index in [0.29, 0.717) is 78.8 Å². The quantitative estimate of drug-likeness (QED) is 0.0554. The number of carbonyl (C=O) groups is 4. The number of hydrogen-bond donors (Lipinski definition) is 2. The molecule has 0 radical (unpaired) electrons. The Kier molecular flexibility index (Phi) is 28.4. The van der Waals surface area contributed by atoms with Crippen LogP contribution in [0.3, 0.4) is 0 Å². The minimum atomic E-state index is -0.485. The molecule has 0 spiro atoms. The maximum Gasteiger partial charge on any atom is 0.407 e. The van der Waals surface area contributed by atoms with Gasteiger partial charge in [-0.25, -0.2) is 19.2 Å². The first kappa shape index (κ1) is 38.8. The predicted molar refractivity (Wildman–Crippen MR) is 152 cm³/mol. The summed E-state index contributed by atoms with van der Waals surface area (Å²) >= 11 is 0. The van der Waals surface area contributed by atoms with Crippen molar-refractivity contribution in [2.24, 2.45) is 0 Å². The van der Waals surface area contributed by atoms with E-state index in [9.17, 15) is 19.2 Å². The number of alkyl carbamates (subject to hydrolysis) is 2. The molecular weight excluding hydrogens is 556 g/mol. The summed E-state index contributed by atoms with van der Waals surface area (Å²) in [5, 5.41) is 5.37. The minimum absolute atomic E-state index is 0.158. The molecular formula is C28H48N2O12. The zero-order valence-corrected chi connectivity index (χ0v) is 24.6. The standard InChI is InChI=1S/C28H48N2O12/c1-3-25(31)39-21-17-35-13-9-15-37-19-23-41-27(33)29-11-7-5-6-8-12-30-28(34)42-24-20-38-16-10-14-36-18-22-40-26(32)4-2/h3-4H,1-2,5-24H2,(H,29,33)(H,30,34). The number of unbranched alkanes of at least 4 members (excludes halogenated alkanes) is 3. The second kappa shape index (κ2) is 30.8. The number of esters is 2. The molecule has 2 amide bonds. The van der Waals surface area contributed by atoms with E-state index in [0.717, 1.165) is 37.8 Å². The highest BCUT2D eigenvalue weighted by atomic mass is 16.6. The molecule has 0 aliphatic rings. The second-order valence-electron chi connectivity index (χ2n) is 8.44. The van der Waals surface area contributed by atoms with Gasteiger partial charge in [-0.1, -0.05) is 26.0 Å². The van der Waals surface area contributed by atoms with Gasteiger partial charge in [0.2, 0.25) is 0 Å². The summed E-state index contributed by atoms with van der Waals surface area (Å²) in [5.74, 6) is -0.953. The van der Waals surface area contributed by atoms with Crippen molar-refractivity contribution >= 4 is 24.1 Å². The Morgan fingerprint density at radius 2 is 0.762 bits per heavy atom. The second-order valence-corrected chi connectivity index (χ2v) is 8.44. The number of ether oxygens (including phenoxy) is 8. The van der Waals surface area contributed by atoms with Crippen LogP contribution >= 0.6 is 0 Å². The molecule has 0 aliphatic heterocycles. The first-order valence-electron chi connectivity index (χ1n) is 14.2. The summed E-state index contributed by atoms with van der Waals surface area (Å²) in [4.78, 5) is 45.0. The zero-order valence-electron chi connectivity index (χ0n) is 24.6. The molecule has 14 heteroatoms. The molecule has 0 rings (SSSR count). The van der Waals surface area contributed by atoms with Gasteiger partial charge in [0.05, 0.1) is 26.4 Å². The molecule has 0 atom stereocenters. The molecule has 0 unspecified atom stereocenters. The molecule has 0 aromatic carbocycles. The van der Waals surface area contributed by atoms with Crippen LogP contribution in [0.2, 0.25) is 0 Å². The van der Waals surface area contributed by atoms with Crippen LogP contribution in [0, 0.1) is 0 Å². The van der Waals surface area contributed by atoms with Crippen molar-refractivity contribution in [2.75, 3.05) is 92.4 Å². The molecule has 0 saturated carbocycles. The van der Waals surface area contributed by atoms with E-state index in [2.05, 4.69) is 23.8 Å². The fourth-order valence-corrected chi connectivity index (χ4v) is 2.93. The topological polar surface area (TPSA) is 166 Å². The predicted octanol–water partition coefficient (Wildman–Crippen LogP) is 2.30. The van der Waals surface area contributed by atoms with Gasteiger partial charge in [0.25, 0.3) is 0 Å². The highest BCUT2D eigenvalue weighted by Crippen LogP contribution is 1.98. The number of carbonyl (C=O) groups excluding carboxylic acids is 4. The van der Waals surface area contributed by atoms with E-state index < -0.39 is 24.1 Å². The lowest BCUT2D eigenvalue weighted by atomic mass is 10.2. The average Bonchev–Trinajstić information content (AvgIpc) is 2.99. The van der Waals surface area contributed by atoms with E-state index >= 15 is 0 Å². The van der Waals surface area contributed by atoms with Crippen molar-refractivity contribution in [1.82, 2.24) is 10.6 Å². The average molecular weight is 605 g/mol. The minimum Gasteiger partial charge on any atom is -0.460 e. The summed E-state index contributed by atoms with van der Waals surface area (Å²) in [7, 11) is 0. The number of rotatable bonds is 29. The van der Waals surface area contributed by atoms with Crippen LogP contribution in [-0.2, 0) is 47.5 Å². The van der Waals surface area contributed by atoms with Gasteiger partial charge in [0, 0.05) is 51.7 Å². The van der Waals surface area contributed by atoms with Gasteiger partial charge in [-0.2, -0.15) is 0 Å². The molecule has 0 aromatic rings. The number of nitrogens with one attached hydrogen (secondary N) is 2. The SMILES string of the molecule is C=CC(=O)OCCOCCCOCCOC(=O)NCCCCCCNC(=O)OCCOCCCOCCOC(=O)C=C. The number of amides is 2. The Morgan fingerprint density at radius 3 is 1.10 bits per heavy atom. The molecule has 242 valence electrons. The normalized spacial score (nSPS) is 10.4. The Morgan fingerprint density at radius 1 is 0.429 bits per heavy atom. The van der Waals surface area contributed by atoms with Crippen molar-refractivity contribution in [3.05, 3.63) is 25.3 Å². The molecule has 0 bridgehead atoms. The molecule has 0 aromatic heterocycles. The zero-order chi connectivity index (χ0) is 30.9. The molecule has 14 nitrogen and oxygen atoms in total. The van der Waals surface area contributed by atoms with Gasteiger partial charge in [-0.05, 0) is 25.7 Å². The van der Waals surface area contributed by atoms with Gasteiger partial charge in [0.1, 0.15) is 26.4 Å². The van der Waals surface area contributed by atoms with Crippen molar-refractivity contribution in [2.45, 2.75) is 38.5 Å². The molecule has 2 N–H and O–H groups in total. The van der Waals surface area contributed by atoms with Crippen molar-refractivity contribution < 1.29 is 57.1 Å². The smallest absolute Gasteiger partial charge is 0.407 e. The lowest BCUT2D eigenvalue weighted by Crippen LogP contribution is -2.27. The highest BCUT2D eigenvalue weighted by molar-refractivity contribution is 5.81. The first-order valence-corrected chi connectivity index (χ1v) is 14.2. The summed E-state index contributed by atoms with van der Waals surface area (Å²) < 4.78 is 40.9. The molecule has 0 saturated heterocycles. The van der Waals surface area contributed by atoms with Crippen LogP contribution in [0.1, 0.15) is 38.5 Å². The van der Waals surface area contributed by atoms with Gasteiger partial charge >= 0.3 is 24.1 Å². The van der Waals surface area contributed by atoms with Gasteiger partial charge < -0.3 is 48.5 Å². The monoisotopic (exact) mass is 604 g/mol. The third-order valence-electron chi connectivity index (χ3n) is 5.00. The van der Waals surface area contributed by atoms with E-state index in [-0.39, 0.29) is 26.4 Å². The summed E-state index contributed by atoms with van der Waals surface area (Å²) in [5.41, 5.74) is 0. The summed E-state index contributed by atoms with van der Waals surface area (Å²) in [6, 6.07) is 0. The Hall–Kier alpha value is -3.20. The third kappa shape index (κ3) is 29.8. The number of hydrogen-bond acceptors (Lipinski definition) is 12. The lowest BCUT2D eigenvalue weighted by molar-refractivity contribution is -0.140. The summed E-state index contributed by atoms with van der Waals surface area (Å²) in [6.45, 7) is 11.4. The van der Waals surface area contributed by atoms with Crippen LogP contribution in [0.5, 0.6) is 0 Å². The van der Waals surface area contributed by atoms with Crippen molar-refractivity contribution in [3.8, 4) is 0 Å². The fraction of sp³-hybridized carbons (Fsp3) is 0.714. The van der Waals surface area contributed by atoms with Crippen LogP contribution in [-0.4, -0.2) is 116 Å². The van der Waals surface area contributed by atoms with Gasteiger partial charge in [0.15, 0.2) is 0 Å². The summed E-state index contributed by atoms with van der Waals surface area (Å²) in [6.07, 6.45) is 5.97. The maximum atomic E-state index is 11.7. The maximum absolute atomic E-state index is 11.7. The van der Waals surface area contributed by atoms with E-state index in [4.69, 9.17) is 37.9 Å². The van der Waals surface area contributed by atoms with Gasteiger partial charge in [-0.3, -0.25) is 0 Å². The highest BCUT2D eigenvalue weighted by Gasteiger charge is 2.03. The Balaban J connectivity index is 3.30. The van der Waals surface area contributed by atoms with Crippen molar-refractivity contribution in [3.63, 3.8) is 0 Å². The first-order chi connectivity index (χ1) is 20.5. The van der Waals surface area contributed by atoms with Crippen LogP contribution < -0.4 is 10.6 Å². The van der Waals surface area contributed by atoms with Crippen LogP contribution in [0.15, 0.2) is 25.3 Å². The fourth-order valence-electron chi connectivity index (χ4n) is 2.93. The lowest BCUT2D eigenvalue weighted by Gasteiger charge is -2.09. The van der Waals surface area contributed by atoms with Gasteiger partial charge in [-0.15, -0.1) is 0 Å². The van der Waals surface area contributed by atoms with Crippen LogP contribution in [0.25, 0.3) is 0 Å². The van der Waals surface area contributed by atoms with E-state index in [1.54, 1.807) is 0 Å². The van der Waals surface area contributed by atoms with E-state index in [1.807, 2.05) is 0 Å². The van der Waals surface area contributed by atoms with Crippen LogP contribution in [0.4, 0.5) is 9.59 Å². The Bertz CT molecular complexity index is 676. The third-order valence-corrected chi connectivity index (χ3v) is 5.00.